The van der Waals surface area contributed by atoms with Gasteiger partial charge in [-0.3, -0.25) is 0 Å². The van der Waals surface area contributed by atoms with Gasteiger partial charge in [-0.05, 0) is 6.07 Å². The smallest absolute Gasteiger partial charge is 0.478 e. The van der Waals surface area contributed by atoms with Crippen LogP contribution in [0.2, 0.25) is 5.02 Å². The van der Waals surface area contributed by atoms with Crippen molar-refractivity contribution in [2.75, 3.05) is 0 Å². The Morgan fingerprint density at radius 3 is 2.43 bits per heavy atom. The lowest BCUT2D eigenvalue weighted by atomic mass is 9.79. The number of halogens is 2. The van der Waals surface area contributed by atoms with E-state index < -0.39 is 29.5 Å². The van der Waals surface area contributed by atoms with E-state index in [0.717, 1.165) is 12.1 Å². The number of carbonyl (C=O) groups is 1. The molecule has 0 atom stereocenters. The molecule has 0 saturated heterocycles. The molecule has 14 heavy (non-hydrogen) atoms. The Labute approximate surface area is 83.7 Å². The number of rotatable bonds is 2. The Kier molecular flexibility index (Phi) is 3.10. The molecule has 0 heterocycles. The van der Waals surface area contributed by atoms with Crippen LogP contribution in [0.15, 0.2) is 12.1 Å². The predicted molar refractivity (Wildman–Crippen MR) is 48.2 cm³/mol. The molecule has 74 valence electrons. The van der Waals surface area contributed by atoms with Crippen molar-refractivity contribution in [2.24, 2.45) is 0 Å². The fourth-order valence-corrected chi connectivity index (χ4v) is 1.30. The first kappa shape index (κ1) is 11.0. The van der Waals surface area contributed by atoms with E-state index in [1.165, 1.54) is 0 Å². The van der Waals surface area contributed by atoms with Gasteiger partial charge in [-0.25, -0.2) is 9.18 Å². The number of hydrogen-bond acceptors (Lipinski definition) is 3. The SMILES string of the molecule is O=C(O)c1c(F)ccc(B(O)O)c1Cl. The molecule has 0 spiro atoms. The van der Waals surface area contributed by atoms with E-state index in [2.05, 4.69) is 0 Å². The molecule has 0 fully saturated rings. The third-order valence-electron chi connectivity index (χ3n) is 1.61. The topological polar surface area (TPSA) is 77.8 Å². The van der Waals surface area contributed by atoms with Gasteiger partial charge in [0.25, 0.3) is 0 Å². The van der Waals surface area contributed by atoms with Gasteiger partial charge in [0.1, 0.15) is 11.4 Å². The first-order valence-corrected chi connectivity index (χ1v) is 3.90. The fourth-order valence-electron chi connectivity index (χ4n) is 0.964. The van der Waals surface area contributed by atoms with Crippen LogP contribution in [0, 0.1) is 5.82 Å². The Balaban J connectivity index is 3.41. The molecule has 1 aromatic rings. The summed E-state index contributed by atoms with van der Waals surface area (Å²) in [6, 6.07) is 1.82. The predicted octanol–water partition coefficient (Wildman–Crippen LogP) is -0.143. The van der Waals surface area contributed by atoms with Crippen molar-refractivity contribution in [2.45, 2.75) is 0 Å². The maximum Gasteiger partial charge on any atom is 0.489 e. The van der Waals surface area contributed by atoms with Crippen molar-refractivity contribution >= 4 is 30.2 Å². The lowest BCUT2D eigenvalue weighted by Gasteiger charge is -2.06. The highest BCUT2D eigenvalue weighted by Crippen LogP contribution is 2.17. The Morgan fingerprint density at radius 1 is 1.43 bits per heavy atom. The molecule has 0 aliphatic rings. The van der Waals surface area contributed by atoms with Crippen molar-refractivity contribution in [1.82, 2.24) is 0 Å². The van der Waals surface area contributed by atoms with Crippen LogP contribution in [0.5, 0.6) is 0 Å². The summed E-state index contributed by atoms with van der Waals surface area (Å²) in [5.41, 5.74) is -1.01. The first-order chi connectivity index (χ1) is 6.45. The van der Waals surface area contributed by atoms with Gasteiger partial charge in [0.15, 0.2) is 0 Å². The lowest BCUT2D eigenvalue weighted by molar-refractivity contribution is 0.0692. The van der Waals surface area contributed by atoms with E-state index in [-0.39, 0.29) is 5.46 Å². The van der Waals surface area contributed by atoms with Crippen molar-refractivity contribution in [3.8, 4) is 0 Å². The van der Waals surface area contributed by atoms with Crippen LogP contribution >= 0.6 is 11.6 Å². The first-order valence-electron chi connectivity index (χ1n) is 3.52. The zero-order valence-electron chi connectivity index (χ0n) is 6.74. The van der Waals surface area contributed by atoms with Crippen LogP contribution in [0.1, 0.15) is 10.4 Å². The molecule has 0 aromatic heterocycles. The summed E-state index contributed by atoms with van der Waals surface area (Å²) < 4.78 is 12.9. The van der Waals surface area contributed by atoms with Crippen molar-refractivity contribution in [3.63, 3.8) is 0 Å². The normalized spacial score (nSPS) is 10.0. The minimum atomic E-state index is -1.93. The summed E-state index contributed by atoms with van der Waals surface area (Å²) in [6.45, 7) is 0. The van der Waals surface area contributed by atoms with Crippen molar-refractivity contribution in [1.29, 1.82) is 0 Å². The van der Waals surface area contributed by atoms with Gasteiger partial charge in [0.2, 0.25) is 0 Å². The quantitative estimate of drug-likeness (QED) is 0.604. The van der Waals surface area contributed by atoms with Crippen LogP contribution in [-0.2, 0) is 0 Å². The summed E-state index contributed by atoms with van der Waals surface area (Å²) in [5.74, 6) is -2.58. The molecule has 3 N–H and O–H groups in total. The highest BCUT2D eigenvalue weighted by atomic mass is 35.5. The second-order valence-corrected chi connectivity index (χ2v) is 2.88. The molecule has 0 radical (unpaired) electrons. The molecular weight excluding hydrogens is 213 g/mol. The van der Waals surface area contributed by atoms with Crippen molar-refractivity contribution in [3.05, 3.63) is 28.5 Å². The standard InChI is InChI=1S/C7H5BClFO4/c9-6-3(8(13)14)1-2-4(10)5(6)7(11)12/h1-2,13-14H,(H,11,12). The number of aromatic carboxylic acids is 1. The van der Waals surface area contributed by atoms with Crippen LogP contribution in [0.4, 0.5) is 4.39 Å². The summed E-state index contributed by atoms with van der Waals surface area (Å²) in [4.78, 5) is 10.5. The van der Waals surface area contributed by atoms with Crippen LogP contribution in [0.25, 0.3) is 0 Å². The van der Waals surface area contributed by atoms with Gasteiger partial charge in [-0.2, -0.15) is 0 Å². The van der Waals surface area contributed by atoms with Gasteiger partial charge < -0.3 is 15.2 Å². The summed E-state index contributed by atoms with van der Waals surface area (Å²) in [5, 5.41) is 25.6. The maximum atomic E-state index is 12.9. The number of carboxylic acid groups (broad SMARTS) is 1. The minimum Gasteiger partial charge on any atom is -0.478 e. The molecule has 0 amide bonds. The summed E-state index contributed by atoms with van der Waals surface area (Å²) >= 11 is 5.46. The minimum absolute atomic E-state index is 0.245. The molecule has 0 unspecified atom stereocenters. The Morgan fingerprint density at radius 2 is 2.00 bits per heavy atom. The second-order valence-electron chi connectivity index (χ2n) is 2.50. The molecule has 0 aliphatic heterocycles. The zero-order chi connectivity index (χ0) is 10.9. The number of carboxylic acids is 1. The average molecular weight is 218 g/mol. The highest BCUT2D eigenvalue weighted by Gasteiger charge is 2.23. The van der Waals surface area contributed by atoms with Crippen LogP contribution in [0.3, 0.4) is 0 Å². The third kappa shape index (κ3) is 1.87. The van der Waals surface area contributed by atoms with E-state index >= 15 is 0 Å². The molecule has 0 aliphatic carbocycles. The lowest BCUT2D eigenvalue weighted by Crippen LogP contribution is -2.32. The maximum absolute atomic E-state index is 12.9. The van der Waals surface area contributed by atoms with Gasteiger partial charge >= 0.3 is 13.1 Å². The molecule has 7 heteroatoms. The van der Waals surface area contributed by atoms with E-state index in [0.29, 0.717) is 0 Å². The fraction of sp³-hybridized carbons (Fsp3) is 0. The average Bonchev–Trinajstić information content (AvgIpc) is 2.02. The third-order valence-corrected chi connectivity index (χ3v) is 2.02. The number of hydrogen-bond donors (Lipinski definition) is 3. The Bertz CT molecular complexity index is 382. The molecule has 1 aromatic carbocycles. The molecule has 0 saturated carbocycles. The van der Waals surface area contributed by atoms with Crippen LogP contribution in [-0.4, -0.2) is 28.2 Å². The van der Waals surface area contributed by atoms with Gasteiger partial charge in [0.05, 0.1) is 5.02 Å². The highest BCUT2D eigenvalue weighted by molar-refractivity contribution is 6.63. The molecule has 1 rings (SSSR count). The van der Waals surface area contributed by atoms with Crippen molar-refractivity contribution < 1.29 is 24.3 Å². The summed E-state index contributed by atoms with van der Waals surface area (Å²) in [7, 11) is -1.93. The van der Waals surface area contributed by atoms with Gasteiger partial charge in [0, 0.05) is 5.46 Å². The van der Waals surface area contributed by atoms with E-state index in [1.807, 2.05) is 0 Å². The largest absolute Gasteiger partial charge is 0.489 e. The van der Waals surface area contributed by atoms with Gasteiger partial charge in [-0.15, -0.1) is 0 Å². The number of benzene rings is 1. The molecule has 0 bridgehead atoms. The van der Waals surface area contributed by atoms with E-state index in [1.54, 1.807) is 0 Å². The van der Waals surface area contributed by atoms with Gasteiger partial charge in [-0.1, -0.05) is 17.7 Å². The molecular formula is C7H5BClFO4. The summed E-state index contributed by atoms with van der Waals surface area (Å²) in [6.07, 6.45) is 0. The molecule has 4 nitrogen and oxygen atoms in total. The zero-order valence-corrected chi connectivity index (χ0v) is 7.49. The van der Waals surface area contributed by atoms with E-state index in [4.69, 9.17) is 26.8 Å². The van der Waals surface area contributed by atoms with E-state index in [9.17, 15) is 9.18 Å². The Hall–Kier alpha value is -1.11. The monoisotopic (exact) mass is 218 g/mol. The van der Waals surface area contributed by atoms with Crippen LogP contribution < -0.4 is 5.46 Å². The second kappa shape index (κ2) is 3.95.